The Labute approximate surface area is 181 Å². The highest BCUT2D eigenvalue weighted by Crippen LogP contribution is 2.47. The SMILES string of the molecule is C=C(C)[C@@H]1CCC(C)=C[C@H]1c1c(O)cc(CCCCC)cc1OC(=O)NCCNC. The Morgan fingerprint density at radius 2 is 2.07 bits per heavy atom. The largest absolute Gasteiger partial charge is 0.507 e. The zero-order valence-electron chi connectivity index (χ0n) is 19.0. The molecule has 2 rings (SSSR count). The highest BCUT2D eigenvalue weighted by molar-refractivity contribution is 5.72. The highest BCUT2D eigenvalue weighted by Gasteiger charge is 2.31. The Bertz CT molecular complexity index is 770. The van der Waals surface area contributed by atoms with Gasteiger partial charge in [-0.1, -0.05) is 43.6 Å². The maximum absolute atomic E-state index is 12.4. The van der Waals surface area contributed by atoms with E-state index < -0.39 is 6.09 Å². The molecule has 0 saturated heterocycles. The maximum Gasteiger partial charge on any atom is 0.412 e. The van der Waals surface area contributed by atoms with Gasteiger partial charge in [0.1, 0.15) is 11.5 Å². The van der Waals surface area contributed by atoms with Crippen LogP contribution >= 0.6 is 0 Å². The fourth-order valence-electron chi connectivity index (χ4n) is 4.14. The molecule has 5 heteroatoms. The van der Waals surface area contributed by atoms with E-state index in [1.165, 1.54) is 5.57 Å². The summed E-state index contributed by atoms with van der Waals surface area (Å²) < 4.78 is 5.74. The van der Waals surface area contributed by atoms with Crippen molar-refractivity contribution in [1.82, 2.24) is 10.6 Å². The Morgan fingerprint density at radius 3 is 2.73 bits per heavy atom. The molecule has 0 fully saturated rings. The predicted octanol–water partition coefficient (Wildman–Crippen LogP) is 5.45. The second kappa shape index (κ2) is 11.8. The van der Waals surface area contributed by atoms with Crippen molar-refractivity contribution in [2.24, 2.45) is 5.92 Å². The van der Waals surface area contributed by atoms with Crippen molar-refractivity contribution in [3.8, 4) is 11.5 Å². The van der Waals surface area contributed by atoms with Crippen LogP contribution in [0.4, 0.5) is 4.79 Å². The molecule has 1 aliphatic carbocycles. The molecule has 2 atom stereocenters. The fourth-order valence-corrected chi connectivity index (χ4v) is 4.14. The van der Waals surface area contributed by atoms with E-state index in [4.69, 9.17) is 4.74 Å². The summed E-state index contributed by atoms with van der Waals surface area (Å²) in [6.45, 7) is 11.6. The molecule has 0 bridgehead atoms. The van der Waals surface area contributed by atoms with Crippen molar-refractivity contribution in [3.05, 3.63) is 47.1 Å². The summed E-state index contributed by atoms with van der Waals surface area (Å²) in [5.41, 5.74) is 4.05. The summed E-state index contributed by atoms with van der Waals surface area (Å²) in [7, 11) is 1.83. The van der Waals surface area contributed by atoms with Crippen LogP contribution < -0.4 is 15.4 Å². The first-order chi connectivity index (χ1) is 14.4. The number of phenolic OH excluding ortho intramolecular Hbond substituents is 1. The molecule has 0 heterocycles. The first kappa shape index (κ1) is 24.0. The molecule has 0 aliphatic heterocycles. The smallest absolute Gasteiger partial charge is 0.412 e. The van der Waals surface area contributed by atoms with Gasteiger partial charge < -0.3 is 20.5 Å². The molecule has 5 nitrogen and oxygen atoms in total. The van der Waals surface area contributed by atoms with Crippen molar-refractivity contribution >= 4 is 6.09 Å². The van der Waals surface area contributed by atoms with E-state index in [2.05, 4.69) is 37.1 Å². The van der Waals surface area contributed by atoms with Crippen LogP contribution in [0.3, 0.4) is 0 Å². The van der Waals surface area contributed by atoms with Crippen molar-refractivity contribution in [2.45, 2.75) is 65.2 Å². The Balaban J connectivity index is 2.41. The van der Waals surface area contributed by atoms with Crippen LogP contribution in [0, 0.1) is 5.92 Å². The Hall–Kier alpha value is -2.27. The molecule has 0 saturated carbocycles. The van der Waals surface area contributed by atoms with E-state index in [1.807, 2.05) is 26.1 Å². The van der Waals surface area contributed by atoms with Crippen molar-refractivity contribution < 1.29 is 14.6 Å². The number of carbonyl (C=O) groups is 1. The standard InChI is InChI=1S/C25H38N2O3/c1-6-7-8-9-19-15-22(28)24(21-14-18(4)10-11-20(21)17(2)3)23(16-19)30-25(29)27-13-12-26-5/h14-16,20-21,26,28H,2,6-13H2,1,3-5H3,(H,27,29)/t20-,21+/m0/s1. The minimum atomic E-state index is -0.500. The molecule has 1 aromatic rings. The lowest BCUT2D eigenvalue weighted by atomic mass is 9.73. The van der Waals surface area contributed by atoms with Gasteiger partial charge in [0.25, 0.3) is 0 Å². The van der Waals surface area contributed by atoms with Gasteiger partial charge in [0.05, 0.1) is 0 Å². The lowest BCUT2D eigenvalue weighted by Crippen LogP contribution is -2.33. The van der Waals surface area contributed by atoms with E-state index in [9.17, 15) is 9.90 Å². The fraction of sp³-hybridized carbons (Fsp3) is 0.560. The first-order valence-electron chi connectivity index (χ1n) is 11.2. The average Bonchev–Trinajstić information content (AvgIpc) is 2.68. The highest BCUT2D eigenvalue weighted by atomic mass is 16.6. The van der Waals surface area contributed by atoms with E-state index >= 15 is 0 Å². The van der Waals surface area contributed by atoms with Crippen LogP contribution in [0.15, 0.2) is 35.9 Å². The number of hydrogen-bond acceptors (Lipinski definition) is 4. The third-order valence-corrected chi connectivity index (χ3v) is 5.81. The minimum absolute atomic E-state index is 0.0546. The number of benzene rings is 1. The topological polar surface area (TPSA) is 70.6 Å². The number of aromatic hydroxyl groups is 1. The Kier molecular flexibility index (Phi) is 9.44. The van der Waals surface area contributed by atoms with E-state index in [0.717, 1.165) is 49.7 Å². The number of carbonyl (C=O) groups excluding carboxylic acids is 1. The lowest BCUT2D eigenvalue weighted by Gasteiger charge is -2.32. The molecule has 0 radical (unpaired) electrons. The van der Waals surface area contributed by atoms with Gasteiger partial charge in [0.15, 0.2) is 0 Å². The quantitative estimate of drug-likeness (QED) is 0.352. The minimum Gasteiger partial charge on any atom is -0.507 e. The zero-order chi connectivity index (χ0) is 22.1. The molecule has 166 valence electrons. The van der Waals surface area contributed by atoms with E-state index in [1.54, 1.807) is 0 Å². The molecule has 0 spiro atoms. The number of unbranched alkanes of at least 4 members (excludes halogenated alkanes) is 2. The van der Waals surface area contributed by atoms with Crippen molar-refractivity contribution in [3.63, 3.8) is 0 Å². The van der Waals surface area contributed by atoms with Gasteiger partial charge in [0.2, 0.25) is 0 Å². The van der Waals surface area contributed by atoms with Crippen molar-refractivity contribution in [1.29, 1.82) is 0 Å². The normalized spacial score (nSPS) is 18.6. The Morgan fingerprint density at radius 1 is 1.30 bits per heavy atom. The van der Waals surface area contributed by atoms with Crippen LogP contribution in [0.25, 0.3) is 0 Å². The maximum atomic E-state index is 12.4. The van der Waals surface area contributed by atoms with Crippen LogP contribution in [0.5, 0.6) is 11.5 Å². The molecule has 1 aliphatic rings. The van der Waals surface area contributed by atoms with Crippen LogP contribution in [0.1, 0.15) is 69.9 Å². The molecule has 3 N–H and O–H groups in total. The van der Waals surface area contributed by atoms with Gasteiger partial charge in [-0.25, -0.2) is 4.79 Å². The number of likely N-dealkylation sites (N-methyl/N-ethyl adjacent to an activating group) is 1. The summed E-state index contributed by atoms with van der Waals surface area (Å²) in [6.07, 6.45) is 7.85. The number of phenols is 1. The zero-order valence-corrected chi connectivity index (χ0v) is 19.0. The number of aryl methyl sites for hydroxylation is 1. The number of allylic oxidation sites excluding steroid dienone is 3. The summed E-state index contributed by atoms with van der Waals surface area (Å²) in [6, 6.07) is 3.76. The molecule has 1 aromatic carbocycles. The van der Waals surface area contributed by atoms with Gasteiger partial charge in [0, 0.05) is 24.6 Å². The summed E-state index contributed by atoms with van der Waals surface area (Å²) in [5, 5.41) is 16.8. The second-order valence-electron chi connectivity index (χ2n) is 8.43. The third-order valence-electron chi connectivity index (χ3n) is 5.81. The summed E-state index contributed by atoms with van der Waals surface area (Å²) >= 11 is 0. The monoisotopic (exact) mass is 414 g/mol. The van der Waals surface area contributed by atoms with Crippen LogP contribution in [0.2, 0.25) is 0 Å². The summed E-state index contributed by atoms with van der Waals surface area (Å²) in [4.78, 5) is 12.4. The molecular formula is C25H38N2O3. The number of ether oxygens (including phenoxy) is 1. The molecule has 1 amide bonds. The number of rotatable bonds is 10. The third kappa shape index (κ3) is 6.63. The van der Waals surface area contributed by atoms with E-state index in [0.29, 0.717) is 24.4 Å². The lowest BCUT2D eigenvalue weighted by molar-refractivity contribution is 0.199. The van der Waals surface area contributed by atoms with Gasteiger partial charge in [-0.05, 0) is 70.2 Å². The predicted molar refractivity (Wildman–Crippen MR) is 123 cm³/mol. The molecule has 30 heavy (non-hydrogen) atoms. The number of nitrogens with one attached hydrogen (secondary N) is 2. The second-order valence-corrected chi connectivity index (χ2v) is 8.43. The molecule has 0 unspecified atom stereocenters. The molecular weight excluding hydrogens is 376 g/mol. The first-order valence-corrected chi connectivity index (χ1v) is 11.2. The van der Waals surface area contributed by atoms with E-state index in [-0.39, 0.29) is 17.6 Å². The molecule has 0 aromatic heterocycles. The van der Waals surface area contributed by atoms with Crippen LogP contribution in [-0.4, -0.2) is 31.3 Å². The van der Waals surface area contributed by atoms with Crippen molar-refractivity contribution in [2.75, 3.05) is 20.1 Å². The van der Waals surface area contributed by atoms with Gasteiger partial charge in [-0.15, -0.1) is 0 Å². The summed E-state index contributed by atoms with van der Waals surface area (Å²) in [5.74, 6) is 0.802. The van der Waals surface area contributed by atoms with Crippen LogP contribution in [-0.2, 0) is 6.42 Å². The van der Waals surface area contributed by atoms with Gasteiger partial charge >= 0.3 is 6.09 Å². The van der Waals surface area contributed by atoms with Gasteiger partial charge in [-0.2, -0.15) is 0 Å². The number of hydrogen-bond donors (Lipinski definition) is 3. The average molecular weight is 415 g/mol. The van der Waals surface area contributed by atoms with Gasteiger partial charge in [-0.3, -0.25) is 0 Å². The number of amides is 1.